The van der Waals surface area contributed by atoms with E-state index in [-0.39, 0.29) is 11.0 Å². The molecule has 2 aromatic rings. The summed E-state index contributed by atoms with van der Waals surface area (Å²) in [5, 5.41) is 0.670. The molecule has 1 aromatic carbocycles. The van der Waals surface area contributed by atoms with E-state index in [0.717, 1.165) is 47.4 Å². The number of ether oxygens (including phenoxy) is 1. The summed E-state index contributed by atoms with van der Waals surface area (Å²) in [7, 11) is 1.82. The Bertz CT molecular complexity index is 761. The number of hydrogen-bond donors (Lipinski definition) is 0. The fourth-order valence-corrected chi connectivity index (χ4v) is 3.72. The van der Waals surface area contributed by atoms with Crippen LogP contribution in [0.2, 0.25) is 0 Å². The fraction of sp³-hybridized carbons (Fsp3) is 0.500. The van der Waals surface area contributed by atoms with Crippen molar-refractivity contribution in [2.45, 2.75) is 32.1 Å². The zero-order valence-electron chi connectivity index (χ0n) is 12.6. The molecule has 3 rings (SSSR count). The molecule has 0 radical (unpaired) electrons. The highest BCUT2D eigenvalue weighted by atomic mass is 79.9. The van der Waals surface area contributed by atoms with Gasteiger partial charge in [-0.15, -0.1) is 0 Å². The molecule has 0 spiro atoms. The first-order valence-corrected chi connectivity index (χ1v) is 7.97. The molecule has 112 valence electrons. The highest BCUT2D eigenvalue weighted by Crippen LogP contribution is 2.33. The Morgan fingerprint density at radius 1 is 1.33 bits per heavy atom. The SMILES string of the molecule is Cc1cc(Br)c2nc(C3(C)CCOCC3)n(C)c(=O)c2c1. The number of fused-ring (bicyclic) bond motifs is 1. The molecule has 4 nitrogen and oxygen atoms in total. The van der Waals surface area contributed by atoms with Gasteiger partial charge in [-0.2, -0.15) is 0 Å². The van der Waals surface area contributed by atoms with E-state index in [1.807, 2.05) is 26.1 Å². The van der Waals surface area contributed by atoms with Gasteiger partial charge < -0.3 is 4.74 Å². The molecular formula is C16H19BrN2O2. The average Bonchev–Trinajstić information content (AvgIpc) is 2.44. The largest absolute Gasteiger partial charge is 0.381 e. The highest BCUT2D eigenvalue weighted by molar-refractivity contribution is 9.10. The van der Waals surface area contributed by atoms with Crippen molar-refractivity contribution in [3.8, 4) is 0 Å². The maximum Gasteiger partial charge on any atom is 0.261 e. The van der Waals surface area contributed by atoms with Crippen molar-refractivity contribution in [1.82, 2.24) is 9.55 Å². The van der Waals surface area contributed by atoms with E-state index in [0.29, 0.717) is 5.39 Å². The van der Waals surface area contributed by atoms with Gasteiger partial charge in [0, 0.05) is 30.1 Å². The molecule has 1 fully saturated rings. The minimum atomic E-state index is -0.106. The van der Waals surface area contributed by atoms with Crippen molar-refractivity contribution in [2.75, 3.05) is 13.2 Å². The van der Waals surface area contributed by atoms with Crippen LogP contribution in [-0.2, 0) is 17.2 Å². The molecule has 1 aliphatic heterocycles. The van der Waals surface area contributed by atoms with Crippen molar-refractivity contribution in [1.29, 1.82) is 0 Å². The molecule has 0 unspecified atom stereocenters. The predicted octanol–water partition coefficient (Wildman–Crippen LogP) is 3.07. The summed E-state index contributed by atoms with van der Waals surface area (Å²) in [6.07, 6.45) is 1.78. The van der Waals surface area contributed by atoms with Gasteiger partial charge in [0.2, 0.25) is 0 Å². The van der Waals surface area contributed by atoms with E-state index >= 15 is 0 Å². The lowest BCUT2D eigenvalue weighted by molar-refractivity contribution is 0.0523. The highest BCUT2D eigenvalue weighted by Gasteiger charge is 2.33. The molecule has 21 heavy (non-hydrogen) atoms. The van der Waals surface area contributed by atoms with Crippen molar-refractivity contribution in [3.05, 3.63) is 38.3 Å². The standard InChI is InChI=1S/C16H19BrN2O2/c1-10-8-11-13(12(17)9-10)18-15(19(3)14(11)20)16(2)4-6-21-7-5-16/h8-9H,4-7H2,1-3H3. The van der Waals surface area contributed by atoms with E-state index in [2.05, 4.69) is 22.9 Å². The maximum atomic E-state index is 12.7. The molecule has 1 saturated heterocycles. The molecular weight excluding hydrogens is 332 g/mol. The number of halogens is 1. The normalized spacial score (nSPS) is 18.1. The monoisotopic (exact) mass is 350 g/mol. The lowest BCUT2D eigenvalue weighted by Crippen LogP contribution is -2.37. The van der Waals surface area contributed by atoms with Crippen LogP contribution in [-0.4, -0.2) is 22.8 Å². The van der Waals surface area contributed by atoms with Gasteiger partial charge in [-0.3, -0.25) is 9.36 Å². The number of nitrogens with zero attached hydrogens (tertiary/aromatic N) is 2. The van der Waals surface area contributed by atoms with Crippen molar-refractivity contribution < 1.29 is 4.74 Å². The van der Waals surface area contributed by atoms with Crippen molar-refractivity contribution in [2.24, 2.45) is 7.05 Å². The van der Waals surface area contributed by atoms with Gasteiger partial charge in [0.25, 0.3) is 5.56 Å². The smallest absolute Gasteiger partial charge is 0.261 e. The first-order chi connectivity index (χ1) is 9.92. The summed E-state index contributed by atoms with van der Waals surface area (Å²) >= 11 is 3.55. The Labute approximate surface area is 132 Å². The summed E-state index contributed by atoms with van der Waals surface area (Å²) < 4.78 is 8.05. The third-order valence-electron chi connectivity index (χ3n) is 4.41. The van der Waals surface area contributed by atoms with E-state index in [1.165, 1.54) is 0 Å². The summed E-state index contributed by atoms with van der Waals surface area (Å²) in [6.45, 7) is 5.60. The topological polar surface area (TPSA) is 44.1 Å². The van der Waals surface area contributed by atoms with Crippen molar-refractivity contribution in [3.63, 3.8) is 0 Å². The Morgan fingerprint density at radius 2 is 2.00 bits per heavy atom. The summed E-state index contributed by atoms with van der Waals surface area (Å²) in [5.41, 5.74) is 1.72. The van der Waals surface area contributed by atoms with Gasteiger partial charge in [0.1, 0.15) is 5.82 Å². The van der Waals surface area contributed by atoms with Crippen LogP contribution in [0.15, 0.2) is 21.4 Å². The zero-order chi connectivity index (χ0) is 15.2. The Kier molecular flexibility index (Phi) is 3.66. The molecule has 0 saturated carbocycles. The number of aryl methyl sites for hydroxylation is 1. The summed E-state index contributed by atoms with van der Waals surface area (Å²) in [5.74, 6) is 0.854. The van der Waals surface area contributed by atoms with Gasteiger partial charge in [-0.05, 0) is 53.4 Å². The van der Waals surface area contributed by atoms with Gasteiger partial charge in [0.15, 0.2) is 0 Å². The van der Waals surface area contributed by atoms with Crippen LogP contribution in [0.25, 0.3) is 10.9 Å². The summed E-state index contributed by atoms with van der Waals surface area (Å²) in [4.78, 5) is 17.5. The molecule has 1 aromatic heterocycles. The Balaban J connectivity index is 2.30. The molecule has 0 amide bonds. The van der Waals surface area contributed by atoms with Crippen LogP contribution < -0.4 is 5.56 Å². The third kappa shape index (κ3) is 2.42. The maximum absolute atomic E-state index is 12.7. The van der Waals surface area contributed by atoms with E-state index in [1.54, 1.807) is 4.57 Å². The number of aromatic nitrogens is 2. The second-order valence-electron chi connectivity index (χ2n) is 6.12. The lowest BCUT2D eigenvalue weighted by atomic mass is 9.81. The number of hydrogen-bond acceptors (Lipinski definition) is 3. The predicted molar refractivity (Wildman–Crippen MR) is 86.8 cm³/mol. The second-order valence-corrected chi connectivity index (χ2v) is 6.97. The van der Waals surface area contributed by atoms with Gasteiger partial charge >= 0.3 is 0 Å². The Hall–Kier alpha value is -1.20. The lowest BCUT2D eigenvalue weighted by Gasteiger charge is -2.34. The first-order valence-electron chi connectivity index (χ1n) is 7.17. The Morgan fingerprint density at radius 3 is 2.67 bits per heavy atom. The van der Waals surface area contributed by atoms with Crippen LogP contribution in [0.3, 0.4) is 0 Å². The van der Waals surface area contributed by atoms with Gasteiger partial charge in [-0.25, -0.2) is 4.98 Å². The van der Waals surface area contributed by atoms with Crippen LogP contribution >= 0.6 is 15.9 Å². The number of benzene rings is 1. The average molecular weight is 351 g/mol. The van der Waals surface area contributed by atoms with E-state index in [9.17, 15) is 4.79 Å². The van der Waals surface area contributed by atoms with Crippen molar-refractivity contribution >= 4 is 26.8 Å². The molecule has 0 N–H and O–H groups in total. The van der Waals surface area contributed by atoms with Gasteiger partial charge in [0.05, 0.1) is 10.9 Å². The molecule has 1 aliphatic rings. The molecule has 5 heteroatoms. The molecule has 2 heterocycles. The zero-order valence-corrected chi connectivity index (χ0v) is 14.2. The molecule has 0 aliphatic carbocycles. The first kappa shape index (κ1) is 14.7. The van der Waals surface area contributed by atoms with E-state index < -0.39 is 0 Å². The minimum absolute atomic E-state index is 0.0205. The summed E-state index contributed by atoms with van der Waals surface area (Å²) in [6, 6.07) is 3.91. The quantitative estimate of drug-likeness (QED) is 0.793. The van der Waals surface area contributed by atoms with Crippen LogP contribution in [0.5, 0.6) is 0 Å². The number of rotatable bonds is 1. The van der Waals surface area contributed by atoms with Crippen LogP contribution in [0.1, 0.15) is 31.2 Å². The van der Waals surface area contributed by atoms with Crippen LogP contribution in [0.4, 0.5) is 0 Å². The second kappa shape index (κ2) is 5.21. The van der Waals surface area contributed by atoms with Crippen LogP contribution in [0, 0.1) is 6.92 Å². The fourth-order valence-electron chi connectivity index (χ4n) is 3.05. The molecule has 0 atom stereocenters. The minimum Gasteiger partial charge on any atom is -0.381 e. The molecule has 0 bridgehead atoms. The van der Waals surface area contributed by atoms with Gasteiger partial charge in [-0.1, -0.05) is 6.92 Å². The van der Waals surface area contributed by atoms with E-state index in [4.69, 9.17) is 9.72 Å². The third-order valence-corrected chi connectivity index (χ3v) is 5.02.